The van der Waals surface area contributed by atoms with Crippen molar-refractivity contribution in [1.29, 1.82) is 0 Å². The number of fused-ring (bicyclic) bond motifs is 3. The molecule has 0 saturated heterocycles. The van der Waals surface area contributed by atoms with Crippen molar-refractivity contribution in [2.24, 2.45) is 5.73 Å². The molecule has 0 radical (unpaired) electrons. The Bertz CT molecular complexity index is 654. The van der Waals surface area contributed by atoms with Crippen molar-refractivity contribution in [2.75, 3.05) is 6.54 Å². The Kier molecular flexibility index (Phi) is 3.52. The Morgan fingerprint density at radius 1 is 1.50 bits per heavy atom. The fraction of sp³-hybridized carbons (Fsp3) is 0.250. The molecule has 0 aliphatic carbocycles. The van der Waals surface area contributed by atoms with E-state index in [2.05, 4.69) is 4.98 Å². The van der Waals surface area contributed by atoms with Gasteiger partial charge < -0.3 is 15.5 Å². The molecule has 0 bridgehead atoms. The number of ether oxygens (including phenoxy) is 1. The van der Waals surface area contributed by atoms with Gasteiger partial charge in [-0.1, -0.05) is 11.6 Å². The molecule has 0 spiro atoms. The van der Waals surface area contributed by atoms with Gasteiger partial charge >= 0.3 is 0 Å². The number of hydrogen-bond donors (Lipinski definition) is 2. The molecule has 3 rings (SSSR count). The minimum absolute atomic E-state index is 0. The zero-order valence-corrected chi connectivity index (χ0v) is 11.0. The van der Waals surface area contributed by atoms with Crippen LogP contribution in [0.3, 0.4) is 0 Å². The van der Waals surface area contributed by atoms with Crippen molar-refractivity contribution in [3.05, 3.63) is 39.1 Å². The van der Waals surface area contributed by atoms with Crippen LogP contribution in [0, 0.1) is 0 Å². The molecule has 96 valence electrons. The number of H-pyrrole nitrogens is 1. The number of pyridine rings is 1. The molecule has 1 aromatic heterocycles. The van der Waals surface area contributed by atoms with E-state index >= 15 is 0 Å². The molecule has 1 atom stereocenters. The van der Waals surface area contributed by atoms with Crippen LogP contribution in [0.2, 0.25) is 5.02 Å². The van der Waals surface area contributed by atoms with Gasteiger partial charge in [-0.25, -0.2) is 0 Å². The first-order valence-electron chi connectivity index (χ1n) is 5.40. The molecule has 18 heavy (non-hydrogen) atoms. The summed E-state index contributed by atoms with van der Waals surface area (Å²) in [5.41, 5.74) is 7.10. The first-order valence-corrected chi connectivity index (χ1v) is 5.78. The first kappa shape index (κ1) is 13.2. The van der Waals surface area contributed by atoms with E-state index in [1.807, 2.05) is 6.07 Å². The average molecular weight is 287 g/mol. The van der Waals surface area contributed by atoms with Crippen molar-refractivity contribution in [2.45, 2.75) is 12.5 Å². The lowest BCUT2D eigenvalue weighted by Crippen LogP contribution is -2.24. The normalized spacial score (nSPS) is 17.1. The van der Waals surface area contributed by atoms with Crippen LogP contribution in [0.5, 0.6) is 5.75 Å². The number of halogens is 2. The van der Waals surface area contributed by atoms with Crippen LogP contribution in [0.1, 0.15) is 5.56 Å². The van der Waals surface area contributed by atoms with Crippen LogP contribution < -0.4 is 16.0 Å². The van der Waals surface area contributed by atoms with E-state index in [0.717, 1.165) is 23.1 Å². The third-order valence-electron chi connectivity index (χ3n) is 2.99. The van der Waals surface area contributed by atoms with Gasteiger partial charge in [0, 0.05) is 30.0 Å². The molecule has 0 amide bonds. The molecule has 6 heteroatoms. The summed E-state index contributed by atoms with van der Waals surface area (Å²) in [6.07, 6.45) is 0.763. The largest absolute Gasteiger partial charge is 0.488 e. The van der Waals surface area contributed by atoms with Crippen molar-refractivity contribution in [3.63, 3.8) is 0 Å². The summed E-state index contributed by atoms with van der Waals surface area (Å²) in [6, 6.07) is 5.04. The number of nitrogens with two attached hydrogens (primary N) is 1. The highest BCUT2D eigenvalue weighted by Gasteiger charge is 2.25. The summed E-state index contributed by atoms with van der Waals surface area (Å²) < 4.78 is 5.76. The second-order valence-corrected chi connectivity index (χ2v) is 4.54. The second kappa shape index (κ2) is 4.80. The van der Waals surface area contributed by atoms with Gasteiger partial charge in [0.25, 0.3) is 0 Å². The molecule has 1 aliphatic heterocycles. The lowest BCUT2D eigenvalue weighted by Gasteiger charge is -2.08. The number of nitrogens with one attached hydrogen (secondary N) is 1. The van der Waals surface area contributed by atoms with E-state index in [0.29, 0.717) is 17.1 Å². The molecule has 1 aromatic carbocycles. The number of aromatic nitrogens is 1. The Labute approximate surface area is 114 Å². The van der Waals surface area contributed by atoms with Crippen molar-refractivity contribution >= 4 is 34.9 Å². The van der Waals surface area contributed by atoms with E-state index in [1.165, 1.54) is 6.07 Å². The fourth-order valence-electron chi connectivity index (χ4n) is 2.19. The number of rotatable bonds is 1. The zero-order chi connectivity index (χ0) is 12.0. The van der Waals surface area contributed by atoms with E-state index in [4.69, 9.17) is 22.1 Å². The van der Waals surface area contributed by atoms with E-state index < -0.39 is 0 Å². The Balaban J connectivity index is 0.00000120. The standard InChI is InChI=1S/C12H11ClN2O2.ClH/c13-9-4-6-3-7(5-14)17-12(6)8-1-2-10(16)15-11(8)9;/h1-2,4,7H,3,5,14H2,(H,15,16);1H. The van der Waals surface area contributed by atoms with Gasteiger partial charge in [-0.3, -0.25) is 4.79 Å². The predicted molar refractivity (Wildman–Crippen MR) is 74.0 cm³/mol. The smallest absolute Gasteiger partial charge is 0.248 e. The van der Waals surface area contributed by atoms with Gasteiger partial charge in [-0.2, -0.15) is 0 Å². The van der Waals surface area contributed by atoms with Gasteiger partial charge in [-0.15, -0.1) is 12.4 Å². The maximum Gasteiger partial charge on any atom is 0.248 e. The van der Waals surface area contributed by atoms with Crippen molar-refractivity contribution in [1.82, 2.24) is 4.98 Å². The highest BCUT2D eigenvalue weighted by molar-refractivity contribution is 6.35. The Hall–Kier alpha value is -1.23. The third kappa shape index (κ3) is 1.96. The highest BCUT2D eigenvalue weighted by atomic mass is 35.5. The molecule has 0 fully saturated rings. The predicted octanol–water partition coefficient (Wildman–Crippen LogP) is 1.87. The van der Waals surface area contributed by atoms with Gasteiger partial charge in [0.05, 0.1) is 10.5 Å². The third-order valence-corrected chi connectivity index (χ3v) is 3.29. The monoisotopic (exact) mass is 286 g/mol. The van der Waals surface area contributed by atoms with Crippen LogP contribution in [0.4, 0.5) is 0 Å². The maximum atomic E-state index is 11.3. The minimum atomic E-state index is -0.173. The Morgan fingerprint density at radius 2 is 2.28 bits per heavy atom. The van der Waals surface area contributed by atoms with Crippen LogP contribution in [-0.2, 0) is 6.42 Å². The van der Waals surface area contributed by atoms with Crippen LogP contribution >= 0.6 is 24.0 Å². The summed E-state index contributed by atoms with van der Waals surface area (Å²) in [6.45, 7) is 0.469. The van der Waals surface area contributed by atoms with Gasteiger partial charge in [-0.05, 0) is 12.1 Å². The molecule has 0 saturated carbocycles. The minimum Gasteiger partial charge on any atom is -0.488 e. The number of benzene rings is 1. The van der Waals surface area contributed by atoms with Gasteiger partial charge in [0.15, 0.2) is 0 Å². The summed E-state index contributed by atoms with van der Waals surface area (Å²) in [5, 5.41) is 1.38. The Morgan fingerprint density at radius 3 is 3.00 bits per heavy atom. The van der Waals surface area contributed by atoms with Crippen LogP contribution in [0.25, 0.3) is 10.9 Å². The molecule has 3 N–H and O–H groups in total. The SMILES string of the molecule is Cl.NCC1Cc2cc(Cl)c3[nH]c(=O)ccc3c2O1. The molecule has 1 aliphatic rings. The number of aromatic amines is 1. The van der Waals surface area contributed by atoms with Crippen LogP contribution in [0.15, 0.2) is 23.0 Å². The lowest BCUT2D eigenvalue weighted by molar-refractivity contribution is 0.244. The zero-order valence-electron chi connectivity index (χ0n) is 9.40. The molecular formula is C12H12Cl2N2O2. The average Bonchev–Trinajstić information content (AvgIpc) is 2.72. The van der Waals surface area contributed by atoms with E-state index in [9.17, 15) is 4.79 Å². The quantitative estimate of drug-likeness (QED) is 0.841. The second-order valence-electron chi connectivity index (χ2n) is 4.14. The maximum absolute atomic E-state index is 11.3. The van der Waals surface area contributed by atoms with Gasteiger partial charge in [0.1, 0.15) is 11.9 Å². The van der Waals surface area contributed by atoms with Crippen molar-refractivity contribution in [3.8, 4) is 5.75 Å². The van der Waals surface area contributed by atoms with Crippen LogP contribution in [-0.4, -0.2) is 17.6 Å². The summed E-state index contributed by atoms with van der Waals surface area (Å²) >= 11 is 6.15. The summed E-state index contributed by atoms with van der Waals surface area (Å²) in [4.78, 5) is 14.0. The lowest BCUT2D eigenvalue weighted by atomic mass is 10.1. The number of hydrogen-bond acceptors (Lipinski definition) is 3. The van der Waals surface area contributed by atoms with Crippen molar-refractivity contribution < 1.29 is 4.74 Å². The highest BCUT2D eigenvalue weighted by Crippen LogP contribution is 2.38. The summed E-state index contributed by atoms with van der Waals surface area (Å²) in [5.74, 6) is 0.788. The van der Waals surface area contributed by atoms with E-state index in [1.54, 1.807) is 6.07 Å². The molecule has 2 aromatic rings. The molecular weight excluding hydrogens is 275 g/mol. The van der Waals surface area contributed by atoms with Gasteiger partial charge in [0.2, 0.25) is 5.56 Å². The van der Waals surface area contributed by atoms with E-state index in [-0.39, 0.29) is 24.1 Å². The molecule has 4 nitrogen and oxygen atoms in total. The molecule has 1 unspecified atom stereocenters. The topological polar surface area (TPSA) is 68.1 Å². The summed E-state index contributed by atoms with van der Waals surface area (Å²) in [7, 11) is 0. The molecule has 2 heterocycles. The first-order chi connectivity index (χ1) is 8.19. The fourth-order valence-corrected chi connectivity index (χ4v) is 2.47.